The van der Waals surface area contributed by atoms with Crippen molar-refractivity contribution in [2.75, 3.05) is 13.2 Å². The molecule has 0 bridgehead atoms. The van der Waals surface area contributed by atoms with Gasteiger partial charge in [-0.25, -0.2) is 9.78 Å². The van der Waals surface area contributed by atoms with Gasteiger partial charge < -0.3 is 19.1 Å². The van der Waals surface area contributed by atoms with Gasteiger partial charge in [-0.05, 0) is 43.3 Å². The summed E-state index contributed by atoms with van der Waals surface area (Å²) >= 11 is 0. The van der Waals surface area contributed by atoms with E-state index in [1.54, 1.807) is 43.3 Å². The van der Waals surface area contributed by atoms with Crippen molar-refractivity contribution < 1.29 is 19.4 Å². The molecule has 27 heavy (non-hydrogen) atoms. The van der Waals surface area contributed by atoms with Crippen LogP contribution in [0.3, 0.4) is 0 Å². The Bertz CT molecular complexity index is 982. The summed E-state index contributed by atoms with van der Waals surface area (Å²) < 4.78 is 11.9. The highest BCUT2D eigenvalue weighted by Crippen LogP contribution is 2.14. The molecule has 0 amide bonds. The third-order valence-corrected chi connectivity index (χ3v) is 3.95. The molecule has 2 aromatic carbocycles. The van der Waals surface area contributed by atoms with Gasteiger partial charge >= 0.3 is 5.97 Å². The topological polar surface area (TPSA) is 90.7 Å². The van der Waals surface area contributed by atoms with E-state index in [0.29, 0.717) is 29.0 Å². The highest BCUT2D eigenvalue weighted by atomic mass is 16.5. The van der Waals surface area contributed by atoms with E-state index in [1.807, 2.05) is 12.1 Å². The summed E-state index contributed by atoms with van der Waals surface area (Å²) in [5.74, 6) is 0.113. The number of hydrogen-bond donors (Lipinski definition) is 1. The highest BCUT2D eigenvalue weighted by molar-refractivity contribution is 5.89. The zero-order valence-corrected chi connectivity index (χ0v) is 14.9. The molecule has 1 aromatic heterocycles. The molecule has 0 saturated carbocycles. The highest BCUT2D eigenvalue weighted by Gasteiger charge is 2.11. The second-order valence-corrected chi connectivity index (χ2v) is 5.91. The molecular formula is C20H20N2O5. The van der Waals surface area contributed by atoms with Crippen LogP contribution >= 0.6 is 0 Å². The van der Waals surface area contributed by atoms with Crippen LogP contribution in [0.4, 0.5) is 0 Å². The van der Waals surface area contributed by atoms with Gasteiger partial charge in [0.15, 0.2) is 0 Å². The van der Waals surface area contributed by atoms with Crippen LogP contribution in [0.1, 0.15) is 17.3 Å². The van der Waals surface area contributed by atoms with Gasteiger partial charge in [-0.1, -0.05) is 12.1 Å². The second-order valence-electron chi connectivity index (χ2n) is 5.91. The first-order valence-corrected chi connectivity index (χ1v) is 8.61. The molecule has 7 heteroatoms. The van der Waals surface area contributed by atoms with E-state index in [0.717, 1.165) is 0 Å². The lowest BCUT2D eigenvalue weighted by Gasteiger charge is -2.15. The van der Waals surface area contributed by atoms with Gasteiger partial charge in [-0.2, -0.15) is 0 Å². The summed E-state index contributed by atoms with van der Waals surface area (Å²) in [4.78, 5) is 27.8. The first kappa shape index (κ1) is 18.6. The first-order valence-electron chi connectivity index (χ1n) is 8.61. The Morgan fingerprint density at radius 3 is 2.67 bits per heavy atom. The predicted molar refractivity (Wildman–Crippen MR) is 99.9 cm³/mol. The number of para-hydroxylation sites is 2. The maximum absolute atomic E-state index is 12.1. The molecule has 3 rings (SSSR count). The average Bonchev–Trinajstić information content (AvgIpc) is 2.69. The average molecular weight is 368 g/mol. The van der Waals surface area contributed by atoms with Crippen LogP contribution in [-0.2, 0) is 11.3 Å². The fourth-order valence-corrected chi connectivity index (χ4v) is 2.66. The minimum absolute atomic E-state index is 0.00183. The molecule has 0 aliphatic heterocycles. The van der Waals surface area contributed by atoms with Crippen molar-refractivity contribution in [2.45, 2.75) is 19.6 Å². The molecule has 3 aromatic rings. The summed E-state index contributed by atoms with van der Waals surface area (Å²) in [5.41, 5.74) is 1.48. The number of aliphatic hydroxyl groups is 1. The van der Waals surface area contributed by atoms with Crippen molar-refractivity contribution in [1.82, 2.24) is 9.55 Å². The molecular weight excluding hydrogens is 348 g/mol. The van der Waals surface area contributed by atoms with Crippen LogP contribution in [0.2, 0.25) is 0 Å². The van der Waals surface area contributed by atoms with Crippen molar-refractivity contribution in [2.24, 2.45) is 0 Å². The predicted octanol–water partition coefficient (Wildman–Crippen LogP) is 2.01. The third-order valence-electron chi connectivity index (χ3n) is 3.95. The maximum atomic E-state index is 12.1. The van der Waals surface area contributed by atoms with Crippen molar-refractivity contribution in [3.8, 4) is 5.75 Å². The van der Waals surface area contributed by atoms with E-state index in [-0.39, 0.29) is 18.7 Å². The Morgan fingerprint density at radius 1 is 1.19 bits per heavy atom. The smallest absolute Gasteiger partial charge is 0.338 e. The molecule has 140 valence electrons. The Hall–Kier alpha value is -3.19. The molecule has 0 saturated heterocycles. The maximum Gasteiger partial charge on any atom is 0.338 e. The van der Waals surface area contributed by atoms with Gasteiger partial charge in [0, 0.05) is 0 Å². The number of aromatic nitrogens is 2. The molecule has 0 fully saturated rings. The monoisotopic (exact) mass is 368 g/mol. The lowest BCUT2D eigenvalue weighted by atomic mass is 10.2. The Labute approximate surface area is 155 Å². The van der Waals surface area contributed by atoms with Gasteiger partial charge in [0.05, 0.1) is 35.9 Å². The third kappa shape index (κ3) is 4.51. The molecule has 1 atom stereocenters. The fourth-order valence-electron chi connectivity index (χ4n) is 2.66. The number of nitrogens with zero attached hydrogens (tertiary/aromatic N) is 2. The van der Waals surface area contributed by atoms with E-state index in [4.69, 9.17) is 9.47 Å². The van der Waals surface area contributed by atoms with E-state index in [1.165, 1.54) is 10.8 Å². The van der Waals surface area contributed by atoms with Crippen molar-refractivity contribution >= 4 is 17.0 Å². The Kier molecular flexibility index (Phi) is 5.83. The van der Waals surface area contributed by atoms with Crippen LogP contribution < -0.4 is 10.3 Å². The summed E-state index contributed by atoms with van der Waals surface area (Å²) in [5, 5.41) is 10.3. The number of ether oxygens (including phenoxy) is 2. The van der Waals surface area contributed by atoms with E-state index in [9.17, 15) is 14.7 Å². The number of benzene rings is 2. The van der Waals surface area contributed by atoms with Crippen molar-refractivity contribution in [3.63, 3.8) is 0 Å². The number of aliphatic hydroxyl groups excluding tert-OH is 1. The summed E-state index contributed by atoms with van der Waals surface area (Å²) in [7, 11) is 0. The largest absolute Gasteiger partial charge is 0.491 e. The molecule has 7 nitrogen and oxygen atoms in total. The number of carbonyl (C=O) groups excluding carboxylic acids is 1. The van der Waals surface area contributed by atoms with Crippen LogP contribution in [0.25, 0.3) is 11.0 Å². The Balaban J connectivity index is 1.64. The molecule has 0 aliphatic rings. The summed E-state index contributed by atoms with van der Waals surface area (Å²) in [6.45, 7) is 2.14. The van der Waals surface area contributed by atoms with Crippen LogP contribution in [0, 0.1) is 0 Å². The zero-order valence-electron chi connectivity index (χ0n) is 14.9. The van der Waals surface area contributed by atoms with Gasteiger partial charge in [-0.3, -0.25) is 4.79 Å². The first-order chi connectivity index (χ1) is 13.1. The number of hydrogen-bond acceptors (Lipinski definition) is 6. The number of esters is 1. The van der Waals surface area contributed by atoms with Crippen molar-refractivity contribution in [3.05, 3.63) is 70.6 Å². The van der Waals surface area contributed by atoms with E-state index < -0.39 is 12.1 Å². The number of rotatable bonds is 7. The summed E-state index contributed by atoms with van der Waals surface area (Å²) in [6.07, 6.45) is 0.350. The minimum atomic E-state index is -0.891. The minimum Gasteiger partial charge on any atom is -0.491 e. The molecule has 0 aliphatic carbocycles. The molecule has 0 spiro atoms. The SMILES string of the molecule is CCOC(=O)c1ccc(OC[C@H](O)Cn2c(=O)cnc3ccccc32)cc1. The quantitative estimate of drug-likeness (QED) is 0.642. The van der Waals surface area contributed by atoms with Crippen LogP contribution in [0.5, 0.6) is 5.75 Å². The van der Waals surface area contributed by atoms with Gasteiger partial charge in [0.2, 0.25) is 0 Å². The standard InChI is InChI=1S/C20H20N2O5/c1-2-26-20(25)14-7-9-16(10-8-14)27-13-15(23)12-22-18-6-4-3-5-17(18)21-11-19(22)24/h3-11,15,23H,2,12-13H2,1H3/t15-/m1/s1. The number of carbonyl (C=O) groups is 1. The Morgan fingerprint density at radius 2 is 1.93 bits per heavy atom. The lowest BCUT2D eigenvalue weighted by molar-refractivity contribution is 0.0526. The van der Waals surface area contributed by atoms with Gasteiger partial charge in [-0.15, -0.1) is 0 Å². The fraction of sp³-hybridized carbons (Fsp3) is 0.250. The van der Waals surface area contributed by atoms with E-state index in [2.05, 4.69) is 4.98 Å². The zero-order chi connectivity index (χ0) is 19.2. The lowest BCUT2D eigenvalue weighted by Crippen LogP contribution is -2.30. The normalized spacial score (nSPS) is 11.9. The molecule has 1 heterocycles. The van der Waals surface area contributed by atoms with Crippen molar-refractivity contribution in [1.29, 1.82) is 0 Å². The van der Waals surface area contributed by atoms with E-state index >= 15 is 0 Å². The van der Waals surface area contributed by atoms with Gasteiger partial charge in [0.25, 0.3) is 5.56 Å². The molecule has 1 N–H and O–H groups in total. The molecule has 0 unspecified atom stereocenters. The summed E-state index contributed by atoms with van der Waals surface area (Å²) in [6, 6.07) is 13.7. The van der Waals surface area contributed by atoms with Gasteiger partial charge in [0.1, 0.15) is 18.5 Å². The number of fused-ring (bicyclic) bond motifs is 1. The van der Waals surface area contributed by atoms with Crippen LogP contribution in [-0.4, -0.2) is 39.9 Å². The molecule has 0 radical (unpaired) electrons. The second kappa shape index (κ2) is 8.46. The van der Waals surface area contributed by atoms with Crippen LogP contribution in [0.15, 0.2) is 59.5 Å².